The second-order valence-electron chi connectivity index (χ2n) is 7.76. The van der Waals surface area contributed by atoms with Crippen LogP contribution in [0, 0.1) is 5.92 Å². The number of ether oxygens (including phenoxy) is 1. The lowest BCUT2D eigenvalue weighted by molar-refractivity contribution is -0.149. The van der Waals surface area contributed by atoms with E-state index in [1.807, 2.05) is 65.3 Å². The summed E-state index contributed by atoms with van der Waals surface area (Å²) in [4.78, 5) is 27.5. The first-order chi connectivity index (χ1) is 15.2. The third-order valence-corrected chi connectivity index (χ3v) is 5.62. The molecule has 2 heterocycles. The summed E-state index contributed by atoms with van der Waals surface area (Å²) in [5.74, 6) is -0.576. The number of esters is 1. The number of hydrogen-bond acceptors (Lipinski definition) is 4. The summed E-state index contributed by atoms with van der Waals surface area (Å²) in [5.41, 5.74) is 3.42. The first kappa shape index (κ1) is 20.8. The maximum atomic E-state index is 13.5. The van der Waals surface area contributed by atoms with Crippen LogP contribution >= 0.6 is 0 Å². The molecule has 31 heavy (non-hydrogen) atoms. The quantitative estimate of drug-likeness (QED) is 0.569. The fourth-order valence-electron chi connectivity index (χ4n) is 4.10. The molecule has 1 fully saturated rings. The Balaban J connectivity index is 1.64. The number of hydrogen-bond donors (Lipinski definition) is 0. The van der Waals surface area contributed by atoms with E-state index in [9.17, 15) is 9.59 Å². The number of piperidine rings is 1. The summed E-state index contributed by atoms with van der Waals surface area (Å²) in [6, 6.07) is 19.9. The van der Waals surface area contributed by atoms with Crippen molar-refractivity contribution in [3.05, 3.63) is 78.0 Å². The molecule has 1 aromatic heterocycles. The zero-order chi connectivity index (χ0) is 21.6. The minimum absolute atomic E-state index is 0.0906. The van der Waals surface area contributed by atoms with Gasteiger partial charge in [-0.3, -0.25) is 14.3 Å². The van der Waals surface area contributed by atoms with Gasteiger partial charge in [0.2, 0.25) is 0 Å². The van der Waals surface area contributed by atoms with Gasteiger partial charge < -0.3 is 9.64 Å². The highest BCUT2D eigenvalue weighted by Gasteiger charge is 2.31. The lowest BCUT2D eigenvalue weighted by Crippen LogP contribution is -2.42. The maximum Gasteiger partial charge on any atom is 0.310 e. The van der Waals surface area contributed by atoms with Gasteiger partial charge in [-0.2, -0.15) is 5.10 Å². The summed E-state index contributed by atoms with van der Waals surface area (Å²) in [5, 5.41) is 4.56. The lowest BCUT2D eigenvalue weighted by atomic mass is 9.97. The zero-order valence-electron chi connectivity index (χ0n) is 17.7. The summed E-state index contributed by atoms with van der Waals surface area (Å²) >= 11 is 0. The molecule has 0 radical (unpaired) electrons. The summed E-state index contributed by atoms with van der Waals surface area (Å²) in [6.45, 7) is 3.75. The molecule has 6 heteroatoms. The molecule has 1 aliphatic rings. The van der Waals surface area contributed by atoms with Crippen LogP contribution in [-0.4, -0.2) is 46.3 Å². The Hall–Kier alpha value is -3.41. The number of carbonyl (C=O) groups is 2. The average Bonchev–Trinajstić information content (AvgIpc) is 3.23. The van der Waals surface area contributed by atoms with Crippen molar-refractivity contribution in [2.24, 2.45) is 5.92 Å². The Bertz CT molecular complexity index is 1030. The van der Waals surface area contributed by atoms with Gasteiger partial charge in [0.25, 0.3) is 5.91 Å². The van der Waals surface area contributed by atoms with Gasteiger partial charge in [0.15, 0.2) is 0 Å². The number of nitrogens with zero attached hydrogens (tertiary/aromatic N) is 3. The number of benzene rings is 2. The predicted octanol–water partition coefficient (Wildman–Crippen LogP) is 4.01. The van der Waals surface area contributed by atoms with Gasteiger partial charge >= 0.3 is 5.97 Å². The third-order valence-electron chi connectivity index (χ3n) is 5.62. The molecule has 1 saturated heterocycles. The first-order valence-corrected chi connectivity index (χ1v) is 10.8. The van der Waals surface area contributed by atoms with Crippen LogP contribution in [0.3, 0.4) is 0 Å². The maximum absolute atomic E-state index is 13.5. The van der Waals surface area contributed by atoms with E-state index < -0.39 is 0 Å². The van der Waals surface area contributed by atoms with Gasteiger partial charge in [0.05, 0.1) is 36.5 Å². The molecule has 1 aliphatic heterocycles. The summed E-state index contributed by atoms with van der Waals surface area (Å²) in [6.07, 6.45) is 3.19. The monoisotopic (exact) mass is 417 g/mol. The third kappa shape index (κ3) is 4.68. The smallest absolute Gasteiger partial charge is 0.310 e. The molecule has 1 amide bonds. The number of likely N-dealkylation sites (tertiary alicyclic amines) is 1. The molecule has 0 saturated carbocycles. The molecule has 0 aliphatic carbocycles. The highest BCUT2D eigenvalue weighted by Crippen LogP contribution is 2.28. The van der Waals surface area contributed by atoms with Crippen molar-refractivity contribution in [1.82, 2.24) is 14.7 Å². The van der Waals surface area contributed by atoms with E-state index in [2.05, 4.69) is 5.10 Å². The minimum atomic E-state index is -0.266. The van der Waals surface area contributed by atoms with E-state index in [0.717, 1.165) is 29.7 Å². The van der Waals surface area contributed by atoms with Crippen molar-refractivity contribution in [3.63, 3.8) is 0 Å². The topological polar surface area (TPSA) is 64.4 Å². The van der Waals surface area contributed by atoms with E-state index >= 15 is 0 Å². The number of amides is 1. The summed E-state index contributed by atoms with van der Waals surface area (Å²) < 4.78 is 7.06. The largest absolute Gasteiger partial charge is 0.466 e. The van der Waals surface area contributed by atoms with Crippen molar-refractivity contribution in [2.75, 3.05) is 19.7 Å². The zero-order valence-corrected chi connectivity index (χ0v) is 17.7. The van der Waals surface area contributed by atoms with Crippen molar-refractivity contribution in [1.29, 1.82) is 0 Å². The Kier molecular flexibility index (Phi) is 6.46. The van der Waals surface area contributed by atoms with Crippen LogP contribution in [0.25, 0.3) is 11.3 Å². The first-order valence-electron chi connectivity index (χ1n) is 10.8. The van der Waals surface area contributed by atoms with Crippen molar-refractivity contribution in [2.45, 2.75) is 26.3 Å². The Morgan fingerprint density at radius 2 is 1.77 bits per heavy atom. The van der Waals surface area contributed by atoms with Gasteiger partial charge in [-0.05, 0) is 25.3 Å². The van der Waals surface area contributed by atoms with E-state index in [1.54, 1.807) is 18.0 Å². The van der Waals surface area contributed by atoms with Crippen LogP contribution in [0.5, 0.6) is 0 Å². The second kappa shape index (κ2) is 9.60. The normalized spacial score (nSPS) is 16.2. The Labute approximate surface area is 182 Å². The molecule has 4 rings (SSSR count). The van der Waals surface area contributed by atoms with Gasteiger partial charge in [0.1, 0.15) is 0 Å². The Morgan fingerprint density at radius 3 is 2.48 bits per heavy atom. The number of carbonyl (C=O) groups excluding carboxylic acids is 2. The molecule has 0 spiro atoms. The Morgan fingerprint density at radius 1 is 1.06 bits per heavy atom. The molecule has 2 aromatic carbocycles. The number of rotatable bonds is 6. The van der Waals surface area contributed by atoms with E-state index in [-0.39, 0.29) is 17.8 Å². The molecule has 3 aromatic rings. The van der Waals surface area contributed by atoms with Crippen LogP contribution in [0.1, 0.15) is 35.7 Å². The highest BCUT2D eigenvalue weighted by molar-refractivity contribution is 6.00. The highest BCUT2D eigenvalue weighted by atomic mass is 16.5. The average molecular weight is 418 g/mol. The van der Waals surface area contributed by atoms with Crippen molar-refractivity contribution in [3.8, 4) is 11.3 Å². The molecule has 0 N–H and O–H groups in total. The van der Waals surface area contributed by atoms with E-state index in [1.165, 1.54) is 0 Å². The molecular weight excluding hydrogens is 390 g/mol. The van der Waals surface area contributed by atoms with Gasteiger partial charge in [-0.15, -0.1) is 0 Å². The van der Waals surface area contributed by atoms with E-state index in [0.29, 0.717) is 31.8 Å². The molecular formula is C25H27N3O3. The van der Waals surface area contributed by atoms with Crippen LogP contribution in [0.2, 0.25) is 0 Å². The molecule has 0 bridgehead atoms. The van der Waals surface area contributed by atoms with Gasteiger partial charge in [-0.25, -0.2) is 0 Å². The van der Waals surface area contributed by atoms with Crippen LogP contribution in [0.4, 0.5) is 0 Å². The van der Waals surface area contributed by atoms with Gasteiger partial charge in [-0.1, -0.05) is 60.7 Å². The van der Waals surface area contributed by atoms with Crippen LogP contribution < -0.4 is 0 Å². The predicted molar refractivity (Wildman–Crippen MR) is 118 cm³/mol. The van der Waals surface area contributed by atoms with Crippen molar-refractivity contribution >= 4 is 11.9 Å². The summed E-state index contributed by atoms with van der Waals surface area (Å²) in [7, 11) is 0. The minimum Gasteiger partial charge on any atom is -0.466 e. The number of aromatic nitrogens is 2. The standard InChI is InChI=1S/C25H27N3O3/c1-2-31-25(30)21-14-9-15-27(18-21)24(29)22-16-26-28(17-19-10-5-3-6-11-19)23(22)20-12-7-4-8-13-20/h3-8,10-13,16,21H,2,9,14-15,17-18H2,1H3/t21-/m0/s1. The fourth-order valence-corrected chi connectivity index (χ4v) is 4.10. The second-order valence-corrected chi connectivity index (χ2v) is 7.76. The van der Waals surface area contributed by atoms with Crippen molar-refractivity contribution < 1.29 is 14.3 Å². The van der Waals surface area contributed by atoms with Gasteiger partial charge in [0, 0.05) is 18.7 Å². The van der Waals surface area contributed by atoms with Crippen LogP contribution in [0.15, 0.2) is 66.9 Å². The molecule has 1 atom stereocenters. The SMILES string of the molecule is CCOC(=O)[C@H]1CCCN(C(=O)c2cnn(Cc3ccccc3)c2-c2ccccc2)C1. The molecule has 0 unspecified atom stereocenters. The molecule has 6 nitrogen and oxygen atoms in total. The fraction of sp³-hybridized carbons (Fsp3) is 0.320. The van der Waals surface area contributed by atoms with E-state index in [4.69, 9.17) is 4.74 Å². The lowest BCUT2D eigenvalue weighted by Gasteiger charge is -2.31. The van der Waals surface area contributed by atoms with Crippen LogP contribution in [-0.2, 0) is 16.1 Å². The molecule has 160 valence electrons.